The van der Waals surface area contributed by atoms with Crippen molar-refractivity contribution in [3.63, 3.8) is 0 Å². The van der Waals surface area contributed by atoms with Gasteiger partial charge in [0.1, 0.15) is 0 Å². The molecule has 1 aliphatic heterocycles. The van der Waals surface area contributed by atoms with E-state index >= 15 is 0 Å². The minimum absolute atomic E-state index is 0.0731. The van der Waals surface area contributed by atoms with E-state index in [9.17, 15) is 26.4 Å². The molecule has 0 fully saturated rings. The van der Waals surface area contributed by atoms with Crippen LogP contribution in [0.15, 0.2) is 41.3 Å². The molecule has 0 N–H and O–H groups in total. The van der Waals surface area contributed by atoms with E-state index in [1.54, 1.807) is 0 Å². The van der Waals surface area contributed by atoms with Gasteiger partial charge in [0.05, 0.1) is 12.7 Å². The minimum atomic E-state index is -5.98. The molecule has 31 heavy (non-hydrogen) atoms. The predicted molar refractivity (Wildman–Crippen MR) is 112 cm³/mol. The Hall–Kier alpha value is -1.88. The van der Waals surface area contributed by atoms with Crippen molar-refractivity contribution in [2.24, 2.45) is 0 Å². The summed E-state index contributed by atoms with van der Waals surface area (Å²) in [6.45, 7) is 0. The van der Waals surface area contributed by atoms with E-state index in [4.69, 9.17) is 23.2 Å². The van der Waals surface area contributed by atoms with Crippen LogP contribution in [0.2, 0.25) is 10.0 Å². The largest absolute Gasteiger partial charge is 0.534 e. The molecule has 0 bridgehead atoms. The third-order valence-corrected chi connectivity index (χ3v) is 6.82. The van der Waals surface area contributed by atoms with Crippen LogP contribution < -0.4 is 0 Å². The second kappa shape index (κ2) is 8.93. The second-order valence-electron chi connectivity index (χ2n) is 6.22. The molecular weight excluding hydrogens is 500 g/mol. The molecule has 0 unspecified atom stereocenters. The molecule has 0 saturated heterocycles. The number of hydrogen-bond acceptors (Lipinski definition) is 6. The first-order chi connectivity index (χ1) is 14.4. The first-order valence-electron chi connectivity index (χ1n) is 8.49. The molecule has 5 nitrogen and oxygen atoms in total. The molecule has 1 aliphatic rings. The third kappa shape index (κ3) is 4.97. The van der Waals surface area contributed by atoms with Crippen molar-refractivity contribution in [2.45, 2.75) is 16.8 Å². The summed E-state index contributed by atoms with van der Waals surface area (Å²) in [6, 6.07) is 8.36. The lowest BCUT2D eigenvalue weighted by atomic mass is 9.98. The Bertz CT molecular complexity index is 1180. The molecule has 0 aliphatic carbocycles. The number of esters is 1. The first kappa shape index (κ1) is 23.8. The quantitative estimate of drug-likeness (QED) is 0.283. The van der Waals surface area contributed by atoms with Crippen molar-refractivity contribution in [1.29, 1.82) is 0 Å². The Labute approximate surface area is 190 Å². The van der Waals surface area contributed by atoms with Gasteiger partial charge in [-0.15, -0.1) is 11.8 Å². The maximum atomic E-state index is 13.1. The van der Waals surface area contributed by atoms with Crippen LogP contribution in [-0.4, -0.2) is 32.8 Å². The highest BCUT2D eigenvalue weighted by Gasteiger charge is 2.49. The van der Waals surface area contributed by atoms with Gasteiger partial charge in [0.15, 0.2) is 5.76 Å². The molecule has 0 spiro atoms. The summed E-state index contributed by atoms with van der Waals surface area (Å²) in [5, 5.41) is 0.415. The van der Waals surface area contributed by atoms with Crippen LogP contribution in [0.3, 0.4) is 0 Å². The van der Waals surface area contributed by atoms with Gasteiger partial charge in [-0.2, -0.15) is 21.6 Å². The SMILES string of the molecule is COC(=O)c1ccc2c(c1)SCCC(c1ccc(Cl)cc1Cl)=C2OS(=O)(=O)C(F)(F)F. The molecule has 2 aromatic rings. The van der Waals surface area contributed by atoms with Gasteiger partial charge >= 0.3 is 21.6 Å². The lowest BCUT2D eigenvalue weighted by Crippen LogP contribution is -2.25. The Balaban J connectivity index is 2.28. The van der Waals surface area contributed by atoms with Crippen LogP contribution >= 0.6 is 35.0 Å². The lowest BCUT2D eigenvalue weighted by molar-refractivity contribution is -0.0509. The summed E-state index contributed by atoms with van der Waals surface area (Å²) in [5.74, 6) is -0.814. The first-order valence-corrected chi connectivity index (χ1v) is 11.6. The van der Waals surface area contributed by atoms with Crippen molar-refractivity contribution >= 4 is 62.4 Å². The normalized spacial score (nSPS) is 14.6. The predicted octanol–water partition coefficient (Wildman–Crippen LogP) is 6.01. The van der Waals surface area contributed by atoms with E-state index in [2.05, 4.69) is 8.92 Å². The molecule has 3 rings (SSSR count). The van der Waals surface area contributed by atoms with Crippen LogP contribution in [0.1, 0.15) is 27.9 Å². The fourth-order valence-corrected chi connectivity index (χ4v) is 4.94. The van der Waals surface area contributed by atoms with Crippen molar-refractivity contribution in [1.82, 2.24) is 0 Å². The molecule has 0 radical (unpaired) electrons. The molecular formula is C19H13Cl2F3O5S2. The number of methoxy groups -OCH3 is 1. The van der Waals surface area contributed by atoms with Gasteiger partial charge in [0.2, 0.25) is 0 Å². The number of allylic oxidation sites excluding steroid dienone is 1. The number of hydrogen-bond donors (Lipinski definition) is 0. The van der Waals surface area contributed by atoms with Crippen LogP contribution in [0.4, 0.5) is 13.2 Å². The highest BCUT2D eigenvalue weighted by Crippen LogP contribution is 2.44. The Morgan fingerprint density at radius 2 is 1.77 bits per heavy atom. The van der Waals surface area contributed by atoms with Crippen molar-refractivity contribution in [2.75, 3.05) is 12.9 Å². The molecule has 2 aromatic carbocycles. The van der Waals surface area contributed by atoms with Gasteiger partial charge in [-0.3, -0.25) is 0 Å². The van der Waals surface area contributed by atoms with Crippen molar-refractivity contribution in [3.05, 3.63) is 63.1 Å². The van der Waals surface area contributed by atoms with Gasteiger partial charge in [-0.25, -0.2) is 4.79 Å². The lowest BCUT2D eigenvalue weighted by Gasteiger charge is -2.18. The molecule has 0 atom stereocenters. The average molecular weight is 513 g/mol. The summed E-state index contributed by atoms with van der Waals surface area (Å²) in [6.07, 6.45) is 0.136. The summed E-state index contributed by atoms with van der Waals surface area (Å²) >= 11 is 13.4. The summed E-state index contributed by atoms with van der Waals surface area (Å²) in [5.41, 5.74) is -4.97. The summed E-state index contributed by atoms with van der Waals surface area (Å²) < 4.78 is 72.3. The number of benzene rings is 2. The van der Waals surface area contributed by atoms with Crippen LogP contribution in [0, 0.1) is 0 Å². The van der Waals surface area contributed by atoms with E-state index < -0.39 is 27.4 Å². The topological polar surface area (TPSA) is 69.7 Å². The number of carbonyl (C=O) groups is 1. The molecule has 166 valence electrons. The number of rotatable bonds is 4. The second-order valence-corrected chi connectivity index (χ2v) is 9.73. The van der Waals surface area contributed by atoms with Crippen LogP contribution in [0.5, 0.6) is 0 Å². The molecule has 12 heteroatoms. The number of thioether (sulfide) groups is 1. The molecule has 0 saturated carbocycles. The smallest absolute Gasteiger partial charge is 0.465 e. The van der Waals surface area contributed by atoms with E-state index in [0.717, 1.165) is 0 Å². The molecule has 0 aromatic heterocycles. The van der Waals surface area contributed by atoms with E-state index in [1.165, 1.54) is 55.3 Å². The number of fused-ring (bicyclic) bond motifs is 1. The summed E-state index contributed by atoms with van der Waals surface area (Å²) in [7, 11) is -4.79. The van der Waals surface area contributed by atoms with E-state index in [0.29, 0.717) is 15.7 Å². The van der Waals surface area contributed by atoms with E-state index in [-0.39, 0.29) is 33.7 Å². The number of carbonyl (C=O) groups excluding carboxylic acids is 1. The van der Waals surface area contributed by atoms with E-state index in [1.807, 2.05) is 0 Å². The fraction of sp³-hybridized carbons (Fsp3) is 0.211. The standard InChI is InChI=1S/C19H13Cl2F3O5S2/c1-28-18(25)10-2-4-14-16(8-10)30-7-6-13(12-5-3-11(20)9-15(12)21)17(14)29-31(26,27)19(22,23)24/h2-5,8-9H,6-7H2,1H3. The Kier molecular flexibility index (Phi) is 6.85. The minimum Gasteiger partial charge on any atom is -0.465 e. The van der Waals surface area contributed by atoms with Crippen LogP contribution in [-0.2, 0) is 19.0 Å². The number of ether oxygens (including phenoxy) is 1. The highest BCUT2D eigenvalue weighted by atomic mass is 35.5. The van der Waals surface area contributed by atoms with Gasteiger partial charge in [0.25, 0.3) is 0 Å². The summed E-state index contributed by atoms with van der Waals surface area (Å²) in [4.78, 5) is 12.2. The number of alkyl halides is 3. The average Bonchev–Trinajstić information content (AvgIpc) is 2.85. The monoisotopic (exact) mass is 512 g/mol. The maximum Gasteiger partial charge on any atom is 0.534 e. The molecule has 1 heterocycles. The van der Waals surface area contributed by atoms with Gasteiger partial charge in [-0.05, 0) is 36.8 Å². The third-order valence-electron chi connectivity index (χ3n) is 4.26. The van der Waals surface area contributed by atoms with Crippen molar-refractivity contribution in [3.8, 4) is 0 Å². The maximum absolute atomic E-state index is 13.1. The van der Waals surface area contributed by atoms with Gasteiger partial charge in [0, 0.05) is 37.4 Å². The zero-order valence-electron chi connectivity index (χ0n) is 15.6. The van der Waals surface area contributed by atoms with Crippen LogP contribution in [0.25, 0.3) is 11.3 Å². The zero-order valence-corrected chi connectivity index (χ0v) is 18.8. The number of halogens is 5. The Morgan fingerprint density at radius 3 is 2.39 bits per heavy atom. The Morgan fingerprint density at radius 1 is 1.10 bits per heavy atom. The van der Waals surface area contributed by atoms with Gasteiger partial charge in [-0.1, -0.05) is 29.3 Å². The molecule has 0 amide bonds. The van der Waals surface area contributed by atoms with Crippen molar-refractivity contribution < 1.29 is 35.3 Å². The zero-order chi connectivity index (χ0) is 23.0. The van der Waals surface area contributed by atoms with Gasteiger partial charge < -0.3 is 8.92 Å². The highest BCUT2D eigenvalue weighted by molar-refractivity contribution is 7.99. The fourth-order valence-electron chi connectivity index (χ4n) is 2.86.